The van der Waals surface area contributed by atoms with Crippen LogP contribution in [0.5, 0.6) is 0 Å². The molecule has 0 unspecified atom stereocenters. The molecule has 0 amide bonds. The van der Waals surface area contributed by atoms with Gasteiger partial charge < -0.3 is 5.11 Å². The molecule has 1 nitrogen and oxygen atoms in total. The van der Waals surface area contributed by atoms with Gasteiger partial charge in [-0.15, -0.1) is 0 Å². The second-order valence-corrected chi connectivity index (χ2v) is 3.46. The van der Waals surface area contributed by atoms with Crippen molar-refractivity contribution < 1.29 is 13.9 Å². The van der Waals surface area contributed by atoms with Crippen molar-refractivity contribution in [2.45, 2.75) is 31.8 Å². The predicted octanol–water partition coefficient (Wildman–Crippen LogP) is 2.94. The van der Waals surface area contributed by atoms with Gasteiger partial charge in [0.1, 0.15) is 0 Å². The van der Waals surface area contributed by atoms with Crippen molar-refractivity contribution in [2.24, 2.45) is 0 Å². The van der Waals surface area contributed by atoms with E-state index in [4.69, 9.17) is 5.11 Å². The highest BCUT2D eigenvalue weighted by atomic mass is 19.3. The standard InChI is InChI=1S/C11H14F2O/c1-9(14)7-8-11(12,13)10-5-3-2-4-6-10/h2-6,9,14H,7-8H2,1H3/t9-/m0/s1. The number of alkyl halides is 2. The third-order valence-corrected chi connectivity index (χ3v) is 2.07. The molecule has 1 rings (SSSR count). The molecule has 14 heavy (non-hydrogen) atoms. The first kappa shape index (κ1) is 11.1. The van der Waals surface area contributed by atoms with Gasteiger partial charge in [0.15, 0.2) is 0 Å². The van der Waals surface area contributed by atoms with E-state index in [0.29, 0.717) is 0 Å². The minimum Gasteiger partial charge on any atom is -0.393 e. The number of hydrogen-bond donors (Lipinski definition) is 1. The Bertz CT molecular complexity index is 270. The first-order valence-corrected chi connectivity index (χ1v) is 4.64. The molecule has 0 bridgehead atoms. The van der Waals surface area contributed by atoms with E-state index in [1.54, 1.807) is 18.2 Å². The van der Waals surface area contributed by atoms with Crippen LogP contribution in [0.1, 0.15) is 25.3 Å². The summed E-state index contributed by atoms with van der Waals surface area (Å²) in [6, 6.07) is 7.69. The molecule has 0 aliphatic heterocycles. The Morgan fingerprint density at radius 2 is 1.86 bits per heavy atom. The van der Waals surface area contributed by atoms with Crippen LogP contribution in [0.25, 0.3) is 0 Å². The van der Waals surface area contributed by atoms with Crippen LogP contribution in [-0.4, -0.2) is 11.2 Å². The Morgan fingerprint density at radius 1 is 1.29 bits per heavy atom. The van der Waals surface area contributed by atoms with Crippen LogP contribution in [0.15, 0.2) is 30.3 Å². The number of rotatable bonds is 4. The molecule has 1 N–H and O–H groups in total. The Labute approximate surface area is 82.4 Å². The van der Waals surface area contributed by atoms with Crippen molar-refractivity contribution in [3.63, 3.8) is 0 Å². The minimum atomic E-state index is -2.84. The van der Waals surface area contributed by atoms with Crippen LogP contribution >= 0.6 is 0 Å². The molecule has 1 aromatic rings. The zero-order valence-electron chi connectivity index (χ0n) is 8.08. The van der Waals surface area contributed by atoms with Crippen molar-refractivity contribution in [1.29, 1.82) is 0 Å². The average molecular weight is 200 g/mol. The van der Waals surface area contributed by atoms with Crippen LogP contribution in [0.4, 0.5) is 8.78 Å². The van der Waals surface area contributed by atoms with Crippen molar-refractivity contribution in [2.75, 3.05) is 0 Å². The average Bonchev–Trinajstić information content (AvgIpc) is 2.16. The molecule has 0 radical (unpaired) electrons. The summed E-state index contributed by atoms with van der Waals surface area (Å²) in [5.74, 6) is -2.84. The zero-order valence-corrected chi connectivity index (χ0v) is 8.08. The van der Waals surface area contributed by atoms with Gasteiger partial charge in [-0.25, -0.2) is 8.78 Å². The maximum Gasteiger partial charge on any atom is 0.273 e. The summed E-state index contributed by atoms with van der Waals surface area (Å²) in [5, 5.41) is 8.93. The van der Waals surface area contributed by atoms with Gasteiger partial charge in [-0.1, -0.05) is 30.3 Å². The molecule has 1 aromatic carbocycles. The highest BCUT2D eigenvalue weighted by molar-refractivity contribution is 5.19. The molecule has 78 valence electrons. The monoisotopic (exact) mass is 200 g/mol. The maximum atomic E-state index is 13.4. The van der Waals surface area contributed by atoms with Gasteiger partial charge in [-0.2, -0.15) is 0 Å². The van der Waals surface area contributed by atoms with Gasteiger partial charge >= 0.3 is 0 Å². The normalized spacial score (nSPS) is 14.0. The van der Waals surface area contributed by atoms with Crippen molar-refractivity contribution in [3.05, 3.63) is 35.9 Å². The number of benzene rings is 1. The lowest BCUT2D eigenvalue weighted by molar-refractivity contribution is -0.0247. The van der Waals surface area contributed by atoms with Gasteiger partial charge in [0.2, 0.25) is 0 Å². The maximum absolute atomic E-state index is 13.4. The number of halogens is 2. The van der Waals surface area contributed by atoms with E-state index in [2.05, 4.69) is 0 Å². The summed E-state index contributed by atoms with van der Waals surface area (Å²) in [7, 11) is 0. The molecule has 0 saturated carbocycles. The third kappa shape index (κ3) is 3.07. The zero-order chi connectivity index (χ0) is 10.6. The number of aliphatic hydroxyl groups is 1. The minimum absolute atomic E-state index is 0.0145. The SMILES string of the molecule is C[C@H](O)CCC(F)(F)c1ccccc1. The van der Waals surface area contributed by atoms with Gasteiger partial charge in [0, 0.05) is 12.0 Å². The highest BCUT2D eigenvalue weighted by Gasteiger charge is 2.30. The highest BCUT2D eigenvalue weighted by Crippen LogP contribution is 2.32. The first-order chi connectivity index (χ1) is 6.52. The van der Waals surface area contributed by atoms with Crippen LogP contribution in [0, 0.1) is 0 Å². The fraction of sp³-hybridized carbons (Fsp3) is 0.455. The molecular formula is C11H14F2O. The van der Waals surface area contributed by atoms with Crippen LogP contribution in [0.3, 0.4) is 0 Å². The largest absolute Gasteiger partial charge is 0.393 e. The molecule has 0 aliphatic carbocycles. The molecule has 0 fully saturated rings. The van der Waals surface area contributed by atoms with Crippen molar-refractivity contribution >= 4 is 0 Å². The van der Waals surface area contributed by atoms with E-state index in [0.717, 1.165) is 0 Å². The van der Waals surface area contributed by atoms with Crippen molar-refractivity contribution in [1.82, 2.24) is 0 Å². The van der Waals surface area contributed by atoms with Crippen LogP contribution in [-0.2, 0) is 5.92 Å². The molecule has 0 aromatic heterocycles. The molecule has 0 aliphatic rings. The summed E-state index contributed by atoms with van der Waals surface area (Å²) in [4.78, 5) is 0. The quantitative estimate of drug-likeness (QED) is 0.792. The summed E-state index contributed by atoms with van der Waals surface area (Å²) < 4.78 is 26.8. The summed E-state index contributed by atoms with van der Waals surface area (Å²) in [6.07, 6.45) is -0.874. The van der Waals surface area contributed by atoms with Crippen LogP contribution in [0.2, 0.25) is 0 Å². The lowest BCUT2D eigenvalue weighted by Crippen LogP contribution is -2.15. The van der Waals surface area contributed by atoms with Gasteiger partial charge in [-0.05, 0) is 13.3 Å². The van der Waals surface area contributed by atoms with E-state index in [1.807, 2.05) is 0 Å². The second-order valence-electron chi connectivity index (χ2n) is 3.46. The van der Waals surface area contributed by atoms with Gasteiger partial charge in [0.05, 0.1) is 6.10 Å². The Kier molecular flexibility index (Phi) is 3.58. The smallest absolute Gasteiger partial charge is 0.273 e. The van der Waals surface area contributed by atoms with Crippen molar-refractivity contribution in [3.8, 4) is 0 Å². The fourth-order valence-corrected chi connectivity index (χ4v) is 1.22. The molecule has 0 spiro atoms. The fourth-order valence-electron chi connectivity index (χ4n) is 1.22. The van der Waals surface area contributed by atoms with Gasteiger partial charge in [0.25, 0.3) is 5.92 Å². The Balaban J connectivity index is 2.66. The lowest BCUT2D eigenvalue weighted by atomic mass is 10.0. The molecule has 0 heterocycles. The van der Waals surface area contributed by atoms with E-state index in [-0.39, 0.29) is 18.4 Å². The topological polar surface area (TPSA) is 20.2 Å². The molecular weight excluding hydrogens is 186 g/mol. The molecule has 3 heteroatoms. The van der Waals surface area contributed by atoms with E-state index >= 15 is 0 Å². The predicted molar refractivity (Wildman–Crippen MR) is 51.3 cm³/mol. The van der Waals surface area contributed by atoms with Gasteiger partial charge in [-0.3, -0.25) is 0 Å². The lowest BCUT2D eigenvalue weighted by Gasteiger charge is -2.17. The summed E-state index contributed by atoms with van der Waals surface area (Å²) in [5.41, 5.74) is 0.0145. The summed E-state index contributed by atoms with van der Waals surface area (Å²) >= 11 is 0. The molecule has 1 atom stereocenters. The third-order valence-electron chi connectivity index (χ3n) is 2.07. The Morgan fingerprint density at radius 3 is 2.36 bits per heavy atom. The van der Waals surface area contributed by atoms with E-state index < -0.39 is 12.0 Å². The number of hydrogen-bond acceptors (Lipinski definition) is 1. The number of aliphatic hydroxyl groups excluding tert-OH is 1. The Hall–Kier alpha value is -0.960. The van der Waals surface area contributed by atoms with E-state index in [9.17, 15) is 8.78 Å². The second kappa shape index (κ2) is 4.51. The molecule has 0 saturated heterocycles. The first-order valence-electron chi connectivity index (χ1n) is 4.64. The summed E-state index contributed by atoms with van der Waals surface area (Å²) in [6.45, 7) is 1.51. The van der Waals surface area contributed by atoms with Crippen LogP contribution < -0.4 is 0 Å². The van der Waals surface area contributed by atoms with E-state index in [1.165, 1.54) is 19.1 Å².